The van der Waals surface area contributed by atoms with Crippen LogP contribution >= 0.6 is 0 Å². The van der Waals surface area contributed by atoms with E-state index in [-0.39, 0.29) is 18.1 Å². The quantitative estimate of drug-likeness (QED) is 0.613. The molecule has 0 atom stereocenters. The summed E-state index contributed by atoms with van der Waals surface area (Å²) in [6.45, 7) is 6.52. The van der Waals surface area contributed by atoms with E-state index >= 15 is 0 Å². The van der Waals surface area contributed by atoms with Crippen LogP contribution in [0.25, 0.3) is 0 Å². The zero-order chi connectivity index (χ0) is 14.3. The third-order valence-corrected chi connectivity index (χ3v) is 2.67. The van der Waals surface area contributed by atoms with E-state index in [1.807, 2.05) is 13.8 Å². The van der Waals surface area contributed by atoms with Gasteiger partial charge in [0.05, 0.1) is 19.3 Å². The fraction of sp³-hybridized carbons (Fsp3) is 0.636. The number of likely N-dealkylation sites (N-methyl/N-ethyl adjacent to an activating group) is 1. The molecule has 0 unspecified atom stereocenters. The van der Waals surface area contributed by atoms with Crippen LogP contribution in [-0.4, -0.2) is 63.1 Å². The van der Waals surface area contributed by atoms with Gasteiger partial charge in [-0.2, -0.15) is 0 Å². The van der Waals surface area contributed by atoms with E-state index in [0.717, 1.165) is 0 Å². The van der Waals surface area contributed by atoms with Gasteiger partial charge in [-0.25, -0.2) is 4.79 Å². The number of amides is 1. The molecule has 1 rings (SSSR count). The maximum Gasteiger partial charge on any atom is 0.358 e. The van der Waals surface area contributed by atoms with Crippen LogP contribution in [0.15, 0.2) is 6.20 Å². The van der Waals surface area contributed by atoms with Gasteiger partial charge >= 0.3 is 5.97 Å². The highest BCUT2D eigenvalue weighted by Gasteiger charge is 2.09. The highest BCUT2D eigenvalue weighted by atomic mass is 16.4. The number of carbonyl (C=O) groups excluding carboxylic acids is 1. The molecule has 0 saturated carbocycles. The van der Waals surface area contributed by atoms with Gasteiger partial charge < -0.3 is 15.3 Å². The summed E-state index contributed by atoms with van der Waals surface area (Å²) in [6.07, 6.45) is 1.36. The Bertz CT molecular complexity index is 428. The average Bonchev–Trinajstić information content (AvgIpc) is 2.85. The van der Waals surface area contributed by atoms with Crippen molar-refractivity contribution in [1.82, 2.24) is 25.2 Å². The molecule has 0 radical (unpaired) electrons. The number of hydrogen-bond donors (Lipinski definition) is 2. The Hall–Kier alpha value is -1.96. The number of aromatic nitrogens is 3. The van der Waals surface area contributed by atoms with Crippen molar-refractivity contribution in [3.63, 3.8) is 0 Å². The number of carboxylic acid groups (broad SMARTS) is 1. The van der Waals surface area contributed by atoms with Gasteiger partial charge in [0.2, 0.25) is 5.91 Å². The number of hydrogen-bond acceptors (Lipinski definition) is 5. The largest absolute Gasteiger partial charge is 0.476 e. The molecule has 0 bridgehead atoms. The lowest BCUT2D eigenvalue weighted by Crippen LogP contribution is -2.38. The van der Waals surface area contributed by atoms with E-state index in [9.17, 15) is 9.59 Å². The Morgan fingerprint density at radius 1 is 1.42 bits per heavy atom. The maximum absolute atomic E-state index is 11.7. The van der Waals surface area contributed by atoms with Crippen molar-refractivity contribution in [3.05, 3.63) is 11.9 Å². The lowest BCUT2D eigenvalue weighted by molar-refractivity contribution is -0.129. The Kier molecular flexibility index (Phi) is 5.94. The Balaban J connectivity index is 2.27. The molecule has 0 saturated heterocycles. The van der Waals surface area contributed by atoms with Crippen molar-refractivity contribution in [2.24, 2.45) is 0 Å². The fourth-order valence-electron chi connectivity index (χ4n) is 1.58. The number of rotatable bonds is 8. The summed E-state index contributed by atoms with van der Waals surface area (Å²) in [5.41, 5.74) is -0.0841. The molecule has 1 aromatic rings. The van der Waals surface area contributed by atoms with E-state index < -0.39 is 5.97 Å². The number of carbonyl (C=O) groups is 2. The highest BCUT2D eigenvalue weighted by Crippen LogP contribution is 1.92. The van der Waals surface area contributed by atoms with Crippen molar-refractivity contribution in [2.75, 3.05) is 26.2 Å². The van der Waals surface area contributed by atoms with Crippen LogP contribution in [0.3, 0.4) is 0 Å². The SMILES string of the molecule is CCN(CC)C(=O)CNCCn1cc(C(=O)O)nn1. The second-order valence-corrected chi connectivity index (χ2v) is 3.91. The third kappa shape index (κ3) is 4.66. The normalized spacial score (nSPS) is 10.4. The van der Waals surface area contributed by atoms with Crippen LogP contribution in [0.1, 0.15) is 24.3 Å². The molecule has 0 spiro atoms. The van der Waals surface area contributed by atoms with Crippen LogP contribution in [0.2, 0.25) is 0 Å². The molecule has 19 heavy (non-hydrogen) atoms. The zero-order valence-corrected chi connectivity index (χ0v) is 11.2. The molecule has 2 N–H and O–H groups in total. The number of nitrogens with zero attached hydrogens (tertiary/aromatic N) is 4. The Labute approximate surface area is 111 Å². The van der Waals surface area contributed by atoms with E-state index in [1.165, 1.54) is 10.9 Å². The number of carboxylic acids is 1. The van der Waals surface area contributed by atoms with E-state index in [1.54, 1.807) is 4.90 Å². The molecular formula is C11H19N5O3. The summed E-state index contributed by atoms with van der Waals surface area (Å²) in [6, 6.07) is 0. The topological polar surface area (TPSA) is 100 Å². The molecule has 8 heteroatoms. The molecular weight excluding hydrogens is 250 g/mol. The van der Waals surface area contributed by atoms with E-state index in [0.29, 0.717) is 26.2 Å². The van der Waals surface area contributed by atoms with Crippen LogP contribution in [0.5, 0.6) is 0 Å². The average molecular weight is 269 g/mol. The smallest absolute Gasteiger partial charge is 0.358 e. The zero-order valence-electron chi connectivity index (χ0n) is 11.2. The van der Waals surface area contributed by atoms with Gasteiger partial charge in [-0.15, -0.1) is 5.10 Å². The van der Waals surface area contributed by atoms with Crippen molar-refractivity contribution < 1.29 is 14.7 Å². The predicted octanol–water partition coefficient (Wildman–Crippen LogP) is -0.566. The van der Waals surface area contributed by atoms with Crippen LogP contribution < -0.4 is 5.32 Å². The van der Waals surface area contributed by atoms with Gasteiger partial charge in [-0.05, 0) is 13.8 Å². The van der Waals surface area contributed by atoms with Crippen molar-refractivity contribution in [1.29, 1.82) is 0 Å². The molecule has 1 heterocycles. The fourth-order valence-corrected chi connectivity index (χ4v) is 1.58. The first-order valence-corrected chi connectivity index (χ1v) is 6.20. The first-order valence-electron chi connectivity index (χ1n) is 6.20. The summed E-state index contributed by atoms with van der Waals surface area (Å²) < 4.78 is 1.43. The van der Waals surface area contributed by atoms with Crippen LogP contribution in [0.4, 0.5) is 0 Å². The summed E-state index contributed by atoms with van der Waals surface area (Å²) in [7, 11) is 0. The van der Waals surface area contributed by atoms with Gasteiger partial charge in [0.15, 0.2) is 5.69 Å². The monoisotopic (exact) mass is 269 g/mol. The van der Waals surface area contributed by atoms with E-state index in [4.69, 9.17) is 5.11 Å². The standard InChI is InChI=1S/C11H19N5O3/c1-3-15(4-2)10(17)7-12-5-6-16-8-9(11(18)19)13-14-16/h8,12H,3-7H2,1-2H3,(H,18,19). The minimum Gasteiger partial charge on any atom is -0.476 e. The lowest BCUT2D eigenvalue weighted by Gasteiger charge is -2.18. The highest BCUT2D eigenvalue weighted by molar-refractivity contribution is 5.84. The first-order chi connectivity index (χ1) is 9.08. The Morgan fingerprint density at radius 3 is 2.63 bits per heavy atom. The molecule has 8 nitrogen and oxygen atoms in total. The molecule has 0 aromatic carbocycles. The molecule has 0 aliphatic rings. The van der Waals surface area contributed by atoms with Crippen LogP contribution in [-0.2, 0) is 11.3 Å². The molecule has 0 aliphatic carbocycles. The van der Waals surface area contributed by atoms with Gasteiger partial charge in [-0.1, -0.05) is 5.21 Å². The number of nitrogens with one attached hydrogen (secondary N) is 1. The second kappa shape index (κ2) is 7.47. The summed E-state index contributed by atoms with van der Waals surface area (Å²) >= 11 is 0. The van der Waals surface area contributed by atoms with Crippen molar-refractivity contribution in [3.8, 4) is 0 Å². The van der Waals surface area contributed by atoms with Gasteiger partial charge in [0.1, 0.15) is 0 Å². The minimum absolute atomic E-state index is 0.0508. The van der Waals surface area contributed by atoms with Crippen molar-refractivity contribution >= 4 is 11.9 Å². The summed E-state index contributed by atoms with van der Waals surface area (Å²) in [5, 5.41) is 18.8. The first kappa shape index (κ1) is 15.1. The third-order valence-electron chi connectivity index (χ3n) is 2.67. The predicted molar refractivity (Wildman–Crippen MR) is 67.8 cm³/mol. The minimum atomic E-state index is -1.10. The van der Waals surface area contributed by atoms with Gasteiger partial charge in [-0.3, -0.25) is 9.48 Å². The molecule has 0 fully saturated rings. The molecule has 106 valence electrons. The lowest BCUT2D eigenvalue weighted by atomic mass is 10.4. The van der Waals surface area contributed by atoms with E-state index in [2.05, 4.69) is 15.6 Å². The summed E-state index contributed by atoms with van der Waals surface area (Å²) in [4.78, 5) is 24.0. The van der Waals surface area contributed by atoms with Crippen molar-refractivity contribution in [2.45, 2.75) is 20.4 Å². The second-order valence-electron chi connectivity index (χ2n) is 3.91. The van der Waals surface area contributed by atoms with Gasteiger partial charge in [0, 0.05) is 19.6 Å². The summed E-state index contributed by atoms with van der Waals surface area (Å²) in [5.74, 6) is -1.05. The van der Waals surface area contributed by atoms with Crippen LogP contribution in [0, 0.1) is 0 Å². The maximum atomic E-state index is 11.7. The molecule has 1 aromatic heterocycles. The molecule has 0 aliphatic heterocycles. The number of aromatic carboxylic acids is 1. The van der Waals surface area contributed by atoms with Gasteiger partial charge in [0.25, 0.3) is 0 Å². The Morgan fingerprint density at radius 2 is 2.11 bits per heavy atom. The molecule has 1 amide bonds.